The summed E-state index contributed by atoms with van der Waals surface area (Å²) in [7, 11) is 0. The number of hydrogen-bond donors (Lipinski definition) is 1. The molecule has 0 amide bonds. The monoisotopic (exact) mass is 389 g/mol. The van der Waals surface area contributed by atoms with Crippen LogP contribution in [0, 0.1) is 16.7 Å². The molecule has 4 nitrogen and oxygen atoms in total. The van der Waals surface area contributed by atoms with Crippen LogP contribution in [-0.2, 0) is 0 Å². The van der Waals surface area contributed by atoms with E-state index in [1.54, 1.807) is 0 Å². The van der Waals surface area contributed by atoms with Crippen LogP contribution in [0.4, 0.5) is 0 Å². The fourth-order valence-corrected chi connectivity index (χ4v) is 2.70. The van der Waals surface area contributed by atoms with Crippen molar-refractivity contribution in [2.45, 2.75) is 20.3 Å². The Labute approximate surface area is 128 Å². The van der Waals surface area contributed by atoms with Gasteiger partial charge >= 0.3 is 5.97 Å². The van der Waals surface area contributed by atoms with Crippen molar-refractivity contribution in [2.75, 3.05) is 6.61 Å². The van der Waals surface area contributed by atoms with Crippen molar-refractivity contribution in [3.05, 3.63) is 26.6 Å². The van der Waals surface area contributed by atoms with Crippen molar-refractivity contribution in [3.63, 3.8) is 0 Å². The van der Waals surface area contributed by atoms with E-state index in [-0.39, 0.29) is 5.56 Å². The van der Waals surface area contributed by atoms with Crippen molar-refractivity contribution in [1.82, 2.24) is 0 Å². The number of hydrogen-bond acceptors (Lipinski definition) is 3. The SMILES string of the molecule is CC(C)(C#N)CCOc1c(Br)cc(C(=O)O)cc1Br. The molecule has 0 aliphatic carbocycles. The third-order valence-corrected chi connectivity index (χ3v) is 3.70. The van der Waals surface area contributed by atoms with E-state index in [2.05, 4.69) is 37.9 Å². The van der Waals surface area contributed by atoms with Crippen LogP contribution in [0.2, 0.25) is 0 Å². The lowest BCUT2D eigenvalue weighted by molar-refractivity contribution is 0.0696. The molecule has 1 aromatic carbocycles. The summed E-state index contributed by atoms with van der Waals surface area (Å²) in [6.07, 6.45) is 0.586. The summed E-state index contributed by atoms with van der Waals surface area (Å²) < 4.78 is 6.73. The molecule has 1 N–H and O–H groups in total. The molecule has 0 saturated carbocycles. The summed E-state index contributed by atoms with van der Waals surface area (Å²) in [5.74, 6) is -0.461. The first-order chi connectivity index (χ1) is 8.76. The molecule has 0 aromatic heterocycles. The van der Waals surface area contributed by atoms with Gasteiger partial charge in [-0.25, -0.2) is 4.79 Å². The van der Waals surface area contributed by atoms with Gasteiger partial charge in [-0.3, -0.25) is 0 Å². The Morgan fingerprint density at radius 1 is 1.42 bits per heavy atom. The summed E-state index contributed by atoms with van der Waals surface area (Å²) in [6, 6.07) is 5.17. The number of carboxylic acid groups (broad SMARTS) is 1. The second-order valence-electron chi connectivity index (χ2n) is 4.67. The molecule has 0 radical (unpaired) electrons. The summed E-state index contributed by atoms with van der Waals surface area (Å²) in [5, 5.41) is 17.8. The first-order valence-corrected chi connectivity index (χ1v) is 7.12. The molecule has 0 unspecified atom stereocenters. The standard InChI is InChI=1S/C13H13Br2NO3/c1-13(2,7-16)3-4-19-11-9(14)5-8(12(17)18)6-10(11)15/h5-6H,3-4H2,1-2H3,(H,17,18). The highest BCUT2D eigenvalue weighted by molar-refractivity contribution is 9.11. The lowest BCUT2D eigenvalue weighted by atomic mass is 9.92. The zero-order valence-electron chi connectivity index (χ0n) is 10.5. The van der Waals surface area contributed by atoms with Gasteiger partial charge in [-0.1, -0.05) is 0 Å². The molecule has 0 heterocycles. The molecule has 1 rings (SSSR count). The van der Waals surface area contributed by atoms with E-state index in [1.165, 1.54) is 12.1 Å². The van der Waals surface area contributed by atoms with Crippen molar-refractivity contribution in [1.29, 1.82) is 5.26 Å². The Morgan fingerprint density at radius 3 is 2.37 bits per heavy atom. The third kappa shape index (κ3) is 4.51. The Morgan fingerprint density at radius 2 is 1.95 bits per heavy atom. The minimum Gasteiger partial charge on any atom is -0.491 e. The van der Waals surface area contributed by atoms with E-state index in [0.717, 1.165) is 0 Å². The van der Waals surface area contributed by atoms with Crippen LogP contribution >= 0.6 is 31.9 Å². The highest BCUT2D eigenvalue weighted by Crippen LogP contribution is 2.35. The molecule has 0 bridgehead atoms. The van der Waals surface area contributed by atoms with Crippen molar-refractivity contribution < 1.29 is 14.6 Å². The third-order valence-electron chi connectivity index (χ3n) is 2.52. The maximum absolute atomic E-state index is 10.9. The largest absolute Gasteiger partial charge is 0.491 e. The van der Waals surface area contributed by atoms with Gasteiger partial charge < -0.3 is 9.84 Å². The quantitative estimate of drug-likeness (QED) is 0.816. The number of carbonyl (C=O) groups is 1. The zero-order valence-corrected chi connectivity index (χ0v) is 13.7. The van der Waals surface area contributed by atoms with Gasteiger partial charge in [0.1, 0.15) is 5.75 Å². The van der Waals surface area contributed by atoms with E-state index in [4.69, 9.17) is 15.1 Å². The normalized spacial score (nSPS) is 10.9. The molecule has 0 saturated heterocycles. The minimum atomic E-state index is -1.00. The molecular weight excluding hydrogens is 378 g/mol. The topological polar surface area (TPSA) is 70.3 Å². The summed E-state index contributed by atoms with van der Waals surface area (Å²) >= 11 is 6.56. The lowest BCUT2D eigenvalue weighted by Gasteiger charge is -2.16. The highest BCUT2D eigenvalue weighted by Gasteiger charge is 2.18. The predicted molar refractivity (Wildman–Crippen MR) is 78.3 cm³/mol. The molecule has 0 spiro atoms. The maximum Gasteiger partial charge on any atom is 0.335 e. The summed E-state index contributed by atoms with van der Waals surface area (Å²) in [4.78, 5) is 10.9. The fourth-order valence-electron chi connectivity index (χ4n) is 1.29. The number of benzene rings is 1. The number of nitrogens with zero attached hydrogens (tertiary/aromatic N) is 1. The lowest BCUT2D eigenvalue weighted by Crippen LogP contribution is -2.13. The number of nitriles is 1. The van der Waals surface area contributed by atoms with Crippen LogP contribution in [0.15, 0.2) is 21.1 Å². The van der Waals surface area contributed by atoms with Crippen molar-refractivity contribution in [2.24, 2.45) is 5.41 Å². The predicted octanol–water partition coefficient (Wildman–Crippen LogP) is 4.23. The molecule has 0 aliphatic heterocycles. The highest BCUT2D eigenvalue weighted by atomic mass is 79.9. The van der Waals surface area contributed by atoms with Gasteiger partial charge in [-0.15, -0.1) is 0 Å². The van der Waals surface area contributed by atoms with Gasteiger partial charge in [0.2, 0.25) is 0 Å². The van der Waals surface area contributed by atoms with E-state index >= 15 is 0 Å². The Balaban J connectivity index is 2.81. The van der Waals surface area contributed by atoms with E-state index in [0.29, 0.717) is 27.7 Å². The van der Waals surface area contributed by atoms with Crippen LogP contribution < -0.4 is 4.74 Å². The van der Waals surface area contributed by atoms with E-state index in [9.17, 15) is 4.79 Å². The summed E-state index contributed by atoms with van der Waals surface area (Å²) in [5.41, 5.74) is -0.275. The second-order valence-corrected chi connectivity index (χ2v) is 6.38. The van der Waals surface area contributed by atoms with Gasteiger partial charge in [-0.05, 0) is 64.3 Å². The molecule has 0 atom stereocenters. The van der Waals surface area contributed by atoms with Gasteiger partial charge in [0.15, 0.2) is 0 Å². The van der Waals surface area contributed by atoms with Gasteiger partial charge in [0.05, 0.1) is 32.6 Å². The number of rotatable bonds is 5. The van der Waals surface area contributed by atoms with Crippen molar-refractivity contribution in [3.8, 4) is 11.8 Å². The molecule has 19 heavy (non-hydrogen) atoms. The number of ether oxygens (including phenoxy) is 1. The number of aromatic carboxylic acids is 1. The van der Waals surface area contributed by atoms with Crippen LogP contribution in [0.1, 0.15) is 30.6 Å². The van der Waals surface area contributed by atoms with Gasteiger partial charge in [0, 0.05) is 0 Å². The van der Waals surface area contributed by atoms with Crippen LogP contribution in [0.25, 0.3) is 0 Å². The average Bonchev–Trinajstić information content (AvgIpc) is 2.32. The first-order valence-electron chi connectivity index (χ1n) is 5.53. The maximum atomic E-state index is 10.9. The van der Waals surface area contributed by atoms with E-state index < -0.39 is 11.4 Å². The summed E-state index contributed by atoms with van der Waals surface area (Å²) in [6.45, 7) is 4.06. The molecule has 0 fully saturated rings. The van der Waals surface area contributed by atoms with Crippen LogP contribution in [0.5, 0.6) is 5.75 Å². The number of halogens is 2. The Hall–Kier alpha value is -1.06. The molecule has 102 valence electrons. The Kier molecular flexibility index (Phi) is 5.39. The molecule has 0 aliphatic rings. The first kappa shape index (κ1) is 16.0. The Bertz CT molecular complexity index is 512. The average molecular weight is 391 g/mol. The molecule has 1 aromatic rings. The molecular formula is C13H13Br2NO3. The molecule has 6 heteroatoms. The van der Waals surface area contributed by atoms with Crippen molar-refractivity contribution >= 4 is 37.8 Å². The zero-order chi connectivity index (χ0) is 14.6. The van der Waals surface area contributed by atoms with Crippen LogP contribution in [0.3, 0.4) is 0 Å². The smallest absolute Gasteiger partial charge is 0.335 e. The number of carboxylic acids is 1. The van der Waals surface area contributed by atoms with Gasteiger partial charge in [0.25, 0.3) is 0 Å². The minimum absolute atomic E-state index is 0.170. The van der Waals surface area contributed by atoms with Gasteiger partial charge in [-0.2, -0.15) is 5.26 Å². The van der Waals surface area contributed by atoms with Crippen LogP contribution in [-0.4, -0.2) is 17.7 Å². The fraction of sp³-hybridized carbons (Fsp3) is 0.385. The second kappa shape index (κ2) is 6.40. The van der Waals surface area contributed by atoms with E-state index in [1.807, 2.05) is 13.8 Å².